The van der Waals surface area contributed by atoms with Crippen molar-refractivity contribution in [3.8, 4) is 12.3 Å². The highest BCUT2D eigenvalue weighted by atomic mass is 32.2. The Hall–Kier alpha value is -0.900. The number of nitrogens with zero attached hydrogens (tertiary/aromatic N) is 3. The predicted molar refractivity (Wildman–Crippen MR) is 81.2 cm³/mol. The minimum Gasteiger partial charge on any atom is -0.196 e. The molecule has 94 valence electrons. The first-order valence-corrected chi connectivity index (χ1v) is 8.05. The number of thioether (sulfide) groups is 3. The zero-order chi connectivity index (χ0) is 13.2. The molecular formula is C12H13N3S3. The number of hydrogen-bond acceptors (Lipinski definition) is 6. The number of rotatable bonds is 8. The third kappa shape index (κ3) is 5.63. The summed E-state index contributed by atoms with van der Waals surface area (Å²) in [7, 11) is 0. The second-order valence-electron chi connectivity index (χ2n) is 2.88. The summed E-state index contributed by atoms with van der Waals surface area (Å²) in [6.07, 6.45) is 8.87. The fourth-order valence-corrected chi connectivity index (χ4v) is 2.71. The van der Waals surface area contributed by atoms with Gasteiger partial charge in [-0.2, -0.15) is 15.0 Å². The van der Waals surface area contributed by atoms with Crippen LogP contribution in [0.4, 0.5) is 0 Å². The van der Waals surface area contributed by atoms with Crippen molar-refractivity contribution in [3.63, 3.8) is 0 Å². The third-order valence-electron chi connectivity index (χ3n) is 1.52. The number of aromatic nitrogens is 3. The molecule has 1 aromatic rings. The van der Waals surface area contributed by atoms with Crippen LogP contribution in [0.2, 0.25) is 0 Å². The molecule has 6 heteroatoms. The van der Waals surface area contributed by atoms with Gasteiger partial charge in [0.15, 0.2) is 15.5 Å². The van der Waals surface area contributed by atoms with Crippen molar-refractivity contribution in [1.29, 1.82) is 0 Å². The number of terminal acetylenes is 1. The Bertz CT molecular complexity index is 424. The molecule has 0 bridgehead atoms. The van der Waals surface area contributed by atoms with Crippen LogP contribution >= 0.6 is 35.3 Å². The molecule has 0 fully saturated rings. The smallest absolute Gasteiger partial charge is 0.193 e. The average Bonchev–Trinajstić information content (AvgIpc) is 2.40. The first-order valence-electron chi connectivity index (χ1n) is 5.10. The molecule has 0 atom stereocenters. The van der Waals surface area contributed by atoms with Crippen LogP contribution in [0.25, 0.3) is 0 Å². The Morgan fingerprint density at radius 2 is 1.39 bits per heavy atom. The second-order valence-corrected chi connectivity index (χ2v) is 5.79. The highest BCUT2D eigenvalue weighted by Gasteiger charge is 2.07. The Labute approximate surface area is 120 Å². The lowest BCUT2D eigenvalue weighted by Gasteiger charge is -2.03. The van der Waals surface area contributed by atoms with Crippen molar-refractivity contribution in [2.24, 2.45) is 0 Å². The SMILES string of the molecule is C#CCSc1nc(SCC=C)nc(SCC=C)n1. The topological polar surface area (TPSA) is 38.7 Å². The summed E-state index contributed by atoms with van der Waals surface area (Å²) < 4.78 is 0. The Morgan fingerprint density at radius 3 is 1.78 bits per heavy atom. The van der Waals surface area contributed by atoms with Gasteiger partial charge in [-0.25, -0.2) is 0 Å². The molecule has 0 unspecified atom stereocenters. The lowest BCUT2D eigenvalue weighted by Crippen LogP contribution is -1.97. The van der Waals surface area contributed by atoms with E-state index in [-0.39, 0.29) is 0 Å². The standard InChI is InChI=1S/C12H13N3S3/c1-4-7-16-10-13-11(17-8-5-2)15-12(14-10)18-9-6-3/h1,5-6H,2-3,7-9H2. The molecule has 1 aromatic heterocycles. The molecule has 0 aliphatic heterocycles. The van der Waals surface area contributed by atoms with Gasteiger partial charge >= 0.3 is 0 Å². The molecule has 0 spiro atoms. The van der Waals surface area contributed by atoms with E-state index in [0.29, 0.717) is 21.2 Å². The molecule has 0 amide bonds. The lowest BCUT2D eigenvalue weighted by molar-refractivity contribution is 0.719. The lowest BCUT2D eigenvalue weighted by atomic mass is 10.8. The summed E-state index contributed by atoms with van der Waals surface area (Å²) in [5, 5.41) is 2.08. The van der Waals surface area contributed by atoms with E-state index in [1.807, 2.05) is 12.2 Å². The van der Waals surface area contributed by atoms with Crippen molar-refractivity contribution in [2.45, 2.75) is 15.5 Å². The summed E-state index contributed by atoms with van der Waals surface area (Å²) >= 11 is 4.50. The predicted octanol–water partition coefficient (Wildman–Crippen LogP) is 3.15. The summed E-state index contributed by atoms with van der Waals surface area (Å²) in [6, 6.07) is 0. The zero-order valence-electron chi connectivity index (χ0n) is 9.83. The molecule has 1 heterocycles. The van der Waals surface area contributed by atoms with Crippen LogP contribution in [0.3, 0.4) is 0 Å². The highest BCUT2D eigenvalue weighted by Crippen LogP contribution is 2.22. The summed E-state index contributed by atoms with van der Waals surface area (Å²) in [5.74, 6) is 4.66. The molecule has 0 saturated carbocycles. The van der Waals surface area contributed by atoms with Gasteiger partial charge < -0.3 is 0 Å². The van der Waals surface area contributed by atoms with Gasteiger partial charge in [0.25, 0.3) is 0 Å². The molecule has 3 nitrogen and oxygen atoms in total. The van der Waals surface area contributed by atoms with Gasteiger partial charge in [-0.3, -0.25) is 0 Å². The summed E-state index contributed by atoms with van der Waals surface area (Å²) in [6.45, 7) is 7.36. The maximum Gasteiger partial charge on any atom is 0.193 e. The van der Waals surface area contributed by atoms with Crippen LogP contribution in [-0.2, 0) is 0 Å². The second kappa shape index (κ2) is 9.09. The van der Waals surface area contributed by atoms with Gasteiger partial charge in [0, 0.05) is 11.5 Å². The summed E-state index contributed by atoms with van der Waals surface area (Å²) in [4.78, 5) is 13.0. The fourth-order valence-electron chi connectivity index (χ4n) is 0.887. The monoisotopic (exact) mass is 295 g/mol. The van der Waals surface area contributed by atoms with E-state index >= 15 is 0 Å². The number of hydrogen-bond donors (Lipinski definition) is 0. The van der Waals surface area contributed by atoms with Crippen LogP contribution in [0.15, 0.2) is 40.8 Å². The van der Waals surface area contributed by atoms with Gasteiger partial charge in [-0.05, 0) is 0 Å². The Morgan fingerprint density at radius 1 is 0.944 bits per heavy atom. The van der Waals surface area contributed by atoms with E-state index < -0.39 is 0 Å². The van der Waals surface area contributed by atoms with Gasteiger partial charge in [0.1, 0.15) is 0 Å². The van der Waals surface area contributed by atoms with E-state index in [0.717, 1.165) is 11.5 Å². The molecule has 0 aromatic carbocycles. The largest absolute Gasteiger partial charge is 0.196 e. The maximum absolute atomic E-state index is 5.23. The molecule has 0 N–H and O–H groups in total. The fraction of sp³-hybridized carbons (Fsp3) is 0.250. The molecule has 0 radical (unpaired) electrons. The molecule has 0 saturated heterocycles. The van der Waals surface area contributed by atoms with Crippen molar-refractivity contribution < 1.29 is 0 Å². The molecule has 0 aliphatic carbocycles. The van der Waals surface area contributed by atoms with Crippen LogP contribution in [0, 0.1) is 12.3 Å². The zero-order valence-corrected chi connectivity index (χ0v) is 12.3. The van der Waals surface area contributed by atoms with Crippen molar-refractivity contribution in [1.82, 2.24) is 15.0 Å². The van der Waals surface area contributed by atoms with Gasteiger partial charge in [-0.1, -0.05) is 53.4 Å². The van der Waals surface area contributed by atoms with Crippen LogP contribution < -0.4 is 0 Å². The quantitative estimate of drug-likeness (QED) is 0.417. The molecular weight excluding hydrogens is 282 g/mol. The van der Waals surface area contributed by atoms with Gasteiger partial charge in [0.05, 0.1) is 5.75 Å². The first kappa shape index (κ1) is 15.2. The Balaban J connectivity index is 2.84. The van der Waals surface area contributed by atoms with Crippen LogP contribution in [0.1, 0.15) is 0 Å². The minimum atomic E-state index is 0.557. The molecule has 1 rings (SSSR count). The third-order valence-corrected chi connectivity index (χ3v) is 3.96. The highest BCUT2D eigenvalue weighted by molar-refractivity contribution is 8.00. The Kier molecular flexibility index (Phi) is 7.65. The minimum absolute atomic E-state index is 0.557. The van der Waals surface area contributed by atoms with Crippen molar-refractivity contribution in [3.05, 3.63) is 25.3 Å². The van der Waals surface area contributed by atoms with Crippen molar-refractivity contribution in [2.75, 3.05) is 17.3 Å². The van der Waals surface area contributed by atoms with E-state index in [9.17, 15) is 0 Å². The molecule has 18 heavy (non-hydrogen) atoms. The maximum atomic E-state index is 5.23. The van der Waals surface area contributed by atoms with Crippen LogP contribution in [0.5, 0.6) is 0 Å². The van der Waals surface area contributed by atoms with E-state index in [2.05, 4.69) is 34.0 Å². The van der Waals surface area contributed by atoms with E-state index in [4.69, 9.17) is 6.42 Å². The van der Waals surface area contributed by atoms with Gasteiger partial charge in [0.2, 0.25) is 0 Å². The summed E-state index contributed by atoms with van der Waals surface area (Å²) in [5.41, 5.74) is 0. The van der Waals surface area contributed by atoms with E-state index in [1.54, 1.807) is 0 Å². The normalized spacial score (nSPS) is 9.72. The van der Waals surface area contributed by atoms with E-state index in [1.165, 1.54) is 35.3 Å². The molecule has 0 aliphatic rings. The first-order chi connectivity index (χ1) is 8.80. The average molecular weight is 295 g/mol. The van der Waals surface area contributed by atoms with Crippen molar-refractivity contribution >= 4 is 35.3 Å². The van der Waals surface area contributed by atoms with Crippen LogP contribution in [-0.4, -0.2) is 32.2 Å². The van der Waals surface area contributed by atoms with Gasteiger partial charge in [-0.15, -0.1) is 19.6 Å².